The smallest absolute Gasteiger partial charge is 0.259 e. The van der Waals surface area contributed by atoms with Crippen LogP contribution in [0.3, 0.4) is 0 Å². The second-order valence-electron chi connectivity index (χ2n) is 6.81. The van der Waals surface area contributed by atoms with Gasteiger partial charge in [-0.3, -0.25) is 0 Å². The number of benzene rings is 2. The fourth-order valence-electron chi connectivity index (χ4n) is 3.05. The van der Waals surface area contributed by atoms with E-state index in [-0.39, 0.29) is 5.82 Å². The van der Waals surface area contributed by atoms with Gasteiger partial charge in [0.2, 0.25) is 17.7 Å². The van der Waals surface area contributed by atoms with E-state index < -0.39 is 0 Å². The fourth-order valence-corrected chi connectivity index (χ4v) is 3.05. The minimum Gasteiger partial charge on any atom is -0.461 e. The minimum atomic E-state index is -0.278. The third-order valence-corrected chi connectivity index (χ3v) is 4.61. The molecule has 0 amide bonds. The molecule has 5 rings (SSSR count). The molecule has 0 radical (unpaired) electrons. The van der Waals surface area contributed by atoms with Crippen molar-refractivity contribution in [2.75, 3.05) is 10.6 Å². The predicted octanol–water partition coefficient (Wildman–Crippen LogP) is 4.14. The monoisotopic (exact) mass is 415 g/mol. The second kappa shape index (κ2) is 8.23. The Morgan fingerprint density at radius 2 is 1.58 bits per heavy atom. The molecular formula is C22H18FN7O. The molecule has 0 aliphatic carbocycles. The first kappa shape index (κ1) is 18.7. The summed E-state index contributed by atoms with van der Waals surface area (Å²) in [7, 11) is 0. The zero-order valence-electron chi connectivity index (χ0n) is 16.4. The molecule has 0 atom stereocenters. The van der Waals surface area contributed by atoms with Crippen LogP contribution < -0.4 is 10.6 Å². The molecule has 0 bridgehead atoms. The van der Waals surface area contributed by atoms with Crippen molar-refractivity contribution < 1.29 is 8.81 Å². The Morgan fingerprint density at radius 1 is 0.806 bits per heavy atom. The summed E-state index contributed by atoms with van der Waals surface area (Å²) >= 11 is 0. The van der Waals surface area contributed by atoms with E-state index in [9.17, 15) is 4.39 Å². The van der Waals surface area contributed by atoms with E-state index in [1.54, 1.807) is 30.5 Å². The van der Waals surface area contributed by atoms with Crippen molar-refractivity contribution in [3.05, 3.63) is 89.9 Å². The predicted molar refractivity (Wildman–Crippen MR) is 114 cm³/mol. The first-order chi connectivity index (χ1) is 15.2. The average molecular weight is 415 g/mol. The molecule has 0 aliphatic rings. The van der Waals surface area contributed by atoms with Gasteiger partial charge < -0.3 is 15.1 Å². The second-order valence-corrected chi connectivity index (χ2v) is 6.81. The molecule has 0 fully saturated rings. The van der Waals surface area contributed by atoms with Crippen molar-refractivity contribution in [1.29, 1.82) is 0 Å². The number of furan rings is 1. The first-order valence-electron chi connectivity index (χ1n) is 9.69. The van der Waals surface area contributed by atoms with E-state index in [0.717, 1.165) is 11.1 Å². The number of fused-ring (bicyclic) bond motifs is 1. The molecule has 0 saturated carbocycles. The van der Waals surface area contributed by atoms with Gasteiger partial charge in [-0.2, -0.15) is 19.5 Å². The van der Waals surface area contributed by atoms with Crippen molar-refractivity contribution in [3.8, 4) is 11.6 Å². The van der Waals surface area contributed by atoms with Crippen LogP contribution >= 0.6 is 0 Å². The molecule has 154 valence electrons. The van der Waals surface area contributed by atoms with Gasteiger partial charge in [-0.1, -0.05) is 42.5 Å². The van der Waals surface area contributed by atoms with Gasteiger partial charge in [-0.15, -0.1) is 5.10 Å². The number of halogens is 1. The summed E-state index contributed by atoms with van der Waals surface area (Å²) in [5, 5.41) is 10.9. The van der Waals surface area contributed by atoms with Crippen molar-refractivity contribution in [3.63, 3.8) is 0 Å². The highest BCUT2D eigenvalue weighted by Crippen LogP contribution is 2.19. The van der Waals surface area contributed by atoms with Crippen LogP contribution in [0.1, 0.15) is 11.1 Å². The van der Waals surface area contributed by atoms with E-state index in [1.165, 1.54) is 16.6 Å². The van der Waals surface area contributed by atoms with Crippen LogP contribution in [0, 0.1) is 5.82 Å². The lowest BCUT2D eigenvalue weighted by molar-refractivity contribution is 0.577. The molecule has 3 aromatic heterocycles. The minimum absolute atomic E-state index is 0.278. The van der Waals surface area contributed by atoms with E-state index in [0.29, 0.717) is 42.3 Å². The van der Waals surface area contributed by atoms with Crippen LogP contribution in [0.15, 0.2) is 77.4 Å². The summed E-state index contributed by atoms with van der Waals surface area (Å²) in [5.74, 6) is 1.91. The van der Waals surface area contributed by atoms with E-state index in [1.807, 2.05) is 30.3 Å². The van der Waals surface area contributed by atoms with Gasteiger partial charge >= 0.3 is 0 Å². The maximum Gasteiger partial charge on any atom is 0.259 e. The largest absolute Gasteiger partial charge is 0.461 e. The number of hydrogen-bond acceptors (Lipinski definition) is 7. The summed E-state index contributed by atoms with van der Waals surface area (Å²) in [6, 6.07) is 19.8. The van der Waals surface area contributed by atoms with Gasteiger partial charge in [0.15, 0.2) is 5.76 Å². The van der Waals surface area contributed by atoms with E-state index in [2.05, 4.69) is 30.7 Å². The van der Waals surface area contributed by atoms with Crippen LogP contribution in [-0.4, -0.2) is 24.6 Å². The number of nitrogens with one attached hydrogen (secondary N) is 2. The Bertz CT molecular complexity index is 1290. The molecule has 0 saturated heterocycles. The summed E-state index contributed by atoms with van der Waals surface area (Å²) in [6.07, 6.45) is 1.56. The Labute approximate surface area is 176 Å². The van der Waals surface area contributed by atoms with Gasteiger partial charge in [0, 0.05) is 13.1 Å². The molecule has 2 N–H and O–H groups in total. The molecule has 9 heteroatoms. The molecule has 3 heterocycles. The van der Waals surface area contributed by atoms with Crippen LogP contribution in [0.2, 0.25) is 0 Å². The van der Waals surface area contributed by atoms with Crippen molar-refractivity contribution in [1.82, 2.24) is 24.6 Å². The molecule has 31 heavy (non-hydrogen) atoms. The highest BCUT2D eigenvalue weighted by Gasteiger charge is 2.15. The van der Waals surface area contributed by atoms with Gasteiger partial charge in [-0.25, -0.2) is 4.39 Å². The highest BCUT2D eigenvalue weighted by atomic mass is 19.1. The number of anilines is 2. The number of aromatic nitrogens is 5. The molecular weight excluding hydrogens is 397 g/mol. The summed E-state index contributed by atoms with van der Waals surface area (Å²) in [6.45, 7) is 0.994. The Morgan fingerprint density at radius 3 is 2.35 bits per heavy atom. The third kappa shape index (κ3) is 4.20. The fraction of sp³-hybridized carbons (Fsp3) is 0.0909. The first-order valence-corrected chi connectivity index (χ1v) is 9.69. The Hall–Kier alpha value is -4.27. The molecule has 0 aliphatic heterocycles. The lowest BCUT2D eigenvalue weighted by atomic mass is 10.2. The van der Waals surface area contributed by atoms with Crippen LogP contribution in [0.4, 0.5) is 16.3 Å². The Balaban J connectivity index is 1.46. The third-order valence-electron chi connectivity index (χ3n) is 4.61. The normalized spacial score (nSPS) is 11.0. The van der Waals surface area contributed by atoms with Gasteiger partial charge in [0.1, 0.15) is 5.82 Å². The molecule has 8 nitrogen and oxygen atoms in total. The van der Waals surface area contributed by atoms with Crippen LogP contribution in [0.25, 0.3) is 17.4 Å². The number of nitrogens with zero attached hydrogens (tertiary/aromatic N) is 5. The maximum atomic E-state index is 13.2. The summed E-state index contributed by atoms with van der Waals surface area (Å²) in [5.41, 5.74) is 2.00. The highest BCUT2D eigenvalue weighted by molar-refractivity contribution is 5.53. The Kier molecular flexibility index (Phi) is 4.97. The van der Waals surface area contributed by atoms with Gasteiger partial charge in [-0.05, 0) is 35.4 Å². The van der Waals surface area contributed by atoms with Crippen molar-refractivity contribution in [2.45, 2.75) is 13.1 Å². The molecule has 2 aromatic carbocycles. The van der Waals surface area contributed by atoms with Gasteiger partial charge in [0.25, 0.3) is 5.78 Å². The quantitative estimate of drug-likeness (QED) is 0.413. The lowest BCUT2D eigenvalue weighted by Gasteiger charge is -2.10. The zero-order valence-corrected chi connectivity index (χ0v) is 16.4. The summed E-state index contributed by atoms with van der Waals surface area (Å²) in [4.78, 5) is 13.5. The molecule has 0 unspecified atom stereocenters. The molecule has 5 aromatic rings. The van der Waals surface area contributed by atoms with Gasteiger partial charge in [0.05, 0.1) is 6.26 Å². The standard InChI is InChI=1S/C22H18FN7O/c23-17-10-8-16(9-11-17)14-25-21-27-20(24-13-15-5-2-1-3-6-15)28-22-26-19(29-30(21)22)18-7-4-12-31-18/h1-12H,13-14H2,(H2,24,25,26,27,28,29). The lowest BCUT2D eigenvalue weighted by Crippen LogP contribution is -2.12. The average Bonchev–Trinajstić information content (AvgIpc) is 3.48. The molecule has 0 spiro atoms. The summed E-state index contributed by atoms with van der Waals surface area (Å²) < 4.78 is 20.1. The van der Waals surface area contributed by atoms with Crippen LogP contribution in [0.5, 0.6) is 0 Å². The van der Waals surface area contributed by atoms with Crippen molar-refractivity contribution >= 4 is 17.7 Å². The maximum absolute atomic E-state index is 13.2. The zero-order chi connectivity index (χ0) is 21.0. The van der Waals surface area contributed by atoms with Crippen molar-refractivity contribution in [2.24, 2.45) is 0 Å². The van der Waals surface area contributed by atoms with E-state index >= 15 is 0 Å². The SMILES string of the molecule is Fc1ccc(CNc2nc(NCc3ccccc3)nc3nc(-c4ccco4)nn23)cc1. The number of hydrogen-bond donors (Lipinski definition) is 2. The number of rotatable bonds is 7. The van der Waals surface area contributed by atoms with E-state index in [4.69, 9.17) is 4.42 Å². The van der Waals surface area contributed by atoms with Crippen LogP contribution in [-0.2, 0) is 13.1 Å². The topological polar surface area (TPSA) is 93.2 Å².